The summed E-state index contributed by atoms with van der Waals surface area (Å²) in [6, 6.07) is 1.22. The number of hydrogen-bond acceptors (Lipinski definition) is 8. The minimum atomic E-state index is -2.99. The third-order valence-electron chi connectivity index (χ3n) is 7.27. The van der Waals surface area contributed by atoms with Crippen LogP contribution in [0.2, 0.25) is 0 Å². The number of anilines is 3. The van der Waals surface area contributed by atoms with E-state index in [0.29, 0.717) is 47.6 Å². The normalized spacial score (nSPS) is 21.9. The van der Waals surface area contributed by atoms with Crippen molar-refractivity contribution in [2.45, 2.75) is 57.3 Å². The van der Waals surface area contributed by atoms with Gasteiger partial charge in [-0.1, -0.05) is 0 Å². The molecule has 0 aromatic carbocycles. The van der Waals surface area contributed by atoms with Crippen LogP contribution >= 0.6 is 11.3 Å². The molecule has 0 unspecified atom stereocenters. The number of halogens is 3. The number of aryl methyl sites for hydroxylation is 2. The van der Waals surface area contributed by atoms with Gasteiger partial charge in [0.1, 0.15) is 23.3 Å². The smallest absolute Gasteiger partial charge is 0.388 e. The lowest BCUT2D eigenvalue weighted by atomic mass is 9.91. The Morgan fingerprint density at radius 1 is 1.28 bits per heavy atom. The SMILES string of the molecule is Cn1nc(OC(F)F)cc1Nc1nncn1[C@H]1CCc2sc(NC(=O)[C@H]3C[C@H]3F)c(C(=O)NCC3CC3)c2C1. The lowest BCUT2D eigenvalue weighted by molar-refractivity contribution is -0.117. The number of thiophene rings is 1. The van der Waals surface area contributed by atoms with Crippen LogP contribution < -0.4 is 20.7 Å². The third-order valence-corrected chi connectivity index (χ3v) is 8.48. The van der Waals surface area contributed by atoms with Gasteiger partial charge in [-0.05, 0) is 50.0 Å². The molecule has 2 fully saturated rings. The molecule has 208 valence electrons. The van der Waals surface area contributed by atoms with Crippen LogP contribution in [0.1, 0.15) is 52.5 Å². The first kappa shape index (κ1) is 25.6. The van der Waals surface area contributed by atoms with Crippen molar-refractivity contribution in [3.8, 4) is 5.88 Å². The molecule has 3 atom stereocenters. The predicted octanol–water partition coefficient (Wildman–Crippen LogP) is 3.58. The third kappa shape index (κ3) is 5.44. The van der Waals surface area contributed by atoms with E-state index in [1.165, 1.54) is 22.1 Å². The van der Waals surface area contributed by atoms with Crippen LogP contribution in [0.4, 0.5) is 29.9 Å². The molecule has 3 aliphatic carbocycles. The highest BCUT2D eigenvalue weighted by atomic mass is 32.1. The van der Waals surface area contributed by atoms with E-state index >= 15 is 0 Å². The van der Waals surface area contributed by atoms with Crippen molar-refractivity contribution in [2.75, 3.05) is 17.2 Å². The average molecular weight is 565 g/mol. The zero-order valence-corrected chi connectivity index (χ0v) is 21.8. The molecule has 15 heteroatoms. The summed E-state index contributed by atoms with van der Waals surface area (Å²) in [6.07, 6.45) is 4.69. The fraction of sp³-hybridized carbons (Fsp3) is 0.542. The number of hydrogen-bond donors (Lipinski definition) is 3. The molecule has 6 rings (SSSR count). The molecule has 0 aliphatic heterocycles. The largest absolute Gasteiger partial charge is 0.415 e. The Bertz CT molecular complexity index is 1400. The number of carbonyl (C=O) groups is 2. The first-order chi connectivity index (χ1) is 18.8. The second-order valence-electron chi connectivity index (χ2n) is 10.2. The average Bonchev–Trinajstić information content (AvgIpc) is 3.73. The number of fused-ring (bicyclic) bond motifs is 1. The molecule has 3 heterocycles. The Kier molecular flexibility index (Phi) is 6.69. The number of ether oxygens (including phenoxy) is 1. The summed E-state index contributed by atoms with van der Waals surface area (Å²) in [7, 11) is 1.58. The van der Waals surface area contributed by atoms with E-state index in [1.54, 1.807) is 13.4 Å². The summed E-state index contributed by atoms with van der Waals surface area (Å²) < 4.78 is 46.3. The molecule has 2 amide bonds. The fourth-order valence-corrected chi connectivity index (χ4v) is 6.08. The predicted molar refractivity (Wildman–Crippen MR) is 135 cm³/mol. The number of nitrogens with one attached hydrogen (secondary N) is 3. The van der Waals surface area contributed by atoms with Gasteiger partial charge in [-0.2, -0.15) is 8.78 Å². The van der Waals surface area contributed by atoms with E-state index in [4.69, 9.17) is 0 Å². The minimum absolute atomic E-state index is 0.119. The van der Waals surface area contributed by atoms with Crippen molar-refractivity contribution in [2.24, 2.45) is 18.9 Å². The summed E-state index contributed by atoms with van der Waals surface area (Å²) >= 11 is 1.37. The Labute approximate surface area is 225 Å². The molecular weight excluding hydrogens is 537 g/mol. The fourth-order valence-electron chi connectivity index (χ4n) is 4.84. The van der Waals surface area contributed by atoms with Crippen molar-refractivity contribution in [1.82, 2.24) is 29.9 Å². The summed E-state index contributed by atoms with van der Waals surface area (Å²) in [5, 5.41) is 21.4. The zero-order chi connectivity index (χ0) is 27.3. The standard InChI is InChI=1S/C24H27F3N8O3S/c1-34-17(8-18(33-34)38-23(26)27)30-24-32-29-10-35(24)12-4-5-16-14(6-12)19(21(37)28-9-11-2-3-11)22(39-16)31-20(36)13-7-15(13)25/h8,10-13,15,23H,2-7,9H2,1H3,(H,28,37)(H,30,32)(H,31,36)/t12-,13-,15+/m0/s1. The van der Waals surface area contributed by atoms with Gasteiger partial charge in [0, 0.05) is 30.6 Å². The number of amides is 2. The molecular formula is C24H27F3N8O3S. The van der Waals surface area contributed by atoms with Gasteiger partial charge in [-0.3, -0.25) is 14.2 Å². The maximum absolute atomic E-state index is 13.5. The van der Waals surface area contributed by atoms with E-state index in [-0.39, 0.29) is 24.2 Å². The first-order valence-electron chi connectivity index (χ1n) is 12.8. The van der Waals surface area contributed by atoms with Crippen LogP contribution in [0, 0.1) is 11.8 Å². The molecule has 3 N–H and O–H groups in total. The number of nitrogens with zero attached hydrogens (tertiary/aromatic N) is 5. The zero-order valence-electron chi connectivity index (χ0n) is 21.0. The quantitative estimate of drug-likeness (QED) is 0.343. The van der Waals surface area contributed by atoms with Gasteiger partial charge in [0.15, 0.2) is 0 Å². The number of aromatic nitrogens is 5. The summed E-state index contributed by atoms with van der Waals surface area (Å²) in [5.74, 6) is -0.300. The monoisotopic (exact) mass is 564 g/mol. The summed E-state index contributed by atoms with van der Waals surface area (Å²) in [6.45, 7) is -2.41. The van der Waals surface area contributed by atoms with Gasteiger partial charge in [-0.15, -0.1) is 26.6 Å². The van der Waals surface area contributed by atoms with Gasteiger partial charge in [0.05, 0.1) is 11.5 Å². The number of alkyl halides is 3. The highest BCUT2D eigenvalue weighted by molar-refractivity contribution is 7.17. The topological polar surface area (TPSA) is 128 Å². The molecule has 3 aromatic rings. The van der Waals surface area contributed by atoms with Crippen LogP contribution in [0.3, 0.4) is 0 Å². The molecule has 0 bridgehead atoms. The van der Waals surface area contributed by atoms with Gasteiger partial charge in [0.2, 0.25) is 17.7 Å². The van der Waals surface area contributed by atoms with Crippen LogP contribution in [-0.2, 0) is 24.7 Å². The molecule has 3 aliphatic rings. The maximum atomic E-state index is 13.5. The van der Waals surface area contributed by atoms with E-state index in [0.717, 1.165) is 29.7 Å². The minimum Gasteiger partial charge on any atom is -0.415 e. The highest BCUT2D eigenvalue weighted by Crippen LogP contribution is 2.43. The Morgan fingerprint density at radius 3 is 2.79 bits per heavy atom. The van der Waals surface area contributed by atoms with E-state index < -0.39 is 24.6 Å². The number of rotatable bonds is 10. The molecule has 3 aromatic heterocycles. The Hall–Kier alpha value is -3.62. The van der Waals surface area contributed by atoms with Crippen LogP contribution in [-0.4, -0.2) is 55.7 Å². The highest BCUT2D eigenvalue weighted by Gasteiger charge is 2.44. The molecule has 2 saturated carbocycles. The molecule has 0 spiro atoms. The van der Waals surface area contributed by atoms with Crippen molar-refractivity contribution >= 4 is 39.9 Å². The summed E-state index contributed by atoms with van der Waals surface area (Å²) in [5.41, 5.74) is 1.29. The van der Waals surface area contributed by atoms with Crippen molar-refractivity contribution in [3.05, 3.63) is 28.4 Å². The summed E-state index contributed by atoms with van der Waals surface area (Å²) in [4.78, 5) is 26.9. The van der Waals surface area contributed by atoms with Gasteiger partial charge in [0.25, 0.3) is 5.91 Å². The van der Waals surface area contributed by atoms with E-state index in [2.05, 4.69) is 36.0 Å². The lowest BCUT2D eigenvalue weighted by Gasteiger charge is -2.25. The van der Waals surface area contributed by atoms with Gasteiger partial charge in [-0.25, -0.2) is 9.07 Å². The second kappa shape index (κ2) is 10.2. The van der Waals surface area contributed by atoms with E-state index in [9.17, 15) is 22.8 Å². The maximum Gasteiger partial charge on any atom is 0.388 e. The molecule has 11 nitrogen and oxygen atoms in total. The Balaban J connectivity index is 1.24. The van der Waals surface area contributed by atoms with Crippen LogP contribution in [0.5, 0.6) is 5.88 Å². The molecule has 0 saturated heterocycles. The first-order valence-corrected chi connectivity index (χ1v) is 13.6. The Morgan fingerprint density at radius 2 is 2.08 bits per heavy atom. The van der Waals surface area contributed by atoms with Crippen molar-refractivity contribution in [3.63, 3.8) is 0 Å². The van der Waals surface area contributed by atoms with Gasteiger partial charge >= 0.3 is 6.61 Å². The number of carbonyl (C=O) groups excluding carboxylic acids is 2. The molecule has 0 radical (unpaired) electrons. The van der Waals surface area contributed by atoms with Crippen LogP contribution in [0.25, 0.3) is 0 Å². The molecule has 39 heavy (non-hydrogen) atoms. The van der Waals surface area contributed by atoms with Gasteiger partial charge < -0.3 is 20.7 Å². The van der Waals surface area contributed by atoms with E-state index in [1.807, 2.05) is 4.57 Å². The van der Waals surface area contributed by atoms with Crippen molar-refractivity contribution < 1.29 is 27.5 Å². The van der Waals surface area contributed by atoms with Crippen molar-refractivity contribution in [1.29, 1.82) is 0 Å². The second-order valence-corrected chi connectivity index (χ2v) is 11.3. The van der Waals surface area contributed by atoms with Crippen LogP contribution in [0.15, 0.2) is 12.4 Å². The lowest BCUT2D eigenvalue weighted by Crippen LogP contribution is -2.29.